The van der Waals surface area contributed by atoms with Crippen LogP contribution in [0.2, 0.25) is 0 Å². The Morgan fingerprint density at radius 3 is 1.15 bits per heavy atom. The Bertz CT molecular complexity index is 214. The van der Waals surface area contributed by atoms with Gasteiger partial charge in [-0.3, -0.25) is 0 Å². The van der Waals surface area contributed by atoms with Gasteiger partial charge in [-0.15, -0.1) is 0 Å². The van der Waals surface area contributed by atoms with Crippen molar-refractivity contribution in [2.75, 3.05) is 5.75 Å². The van der Waals surface area contributed by atoms with Crippen LogP contribution in [0.4, 0.5) is 0 Å². The zero-order valence-electron chi connectivity index (χ0n) is 19.2. The topological polar surface area (TPSA) is 0 Å². The fraction of sp³-hybridized carbons (Fsp3) is 0.962. The average Bonchev–Trinajstić information content (AvgIpc) is 2.68. The van der Waals surface area contributed by atoms with Crippen molar-refractivity contribution in [1.29, 1.82) is 0 Å². The molecule has 0 nitrogen and oxygen atoms in total. The highest BCUT2D eigenvalue weighted by Crippen LogP contribution is 2.17. The van der Waals surface area contributed by atoms with Gasteiger partial charge in [0.2, 0.25) is 0 Å². The summed E-state index contributed by atoms with van der Waals surface area (Å²) in [5.74, 6) is 3.84. The van der Waals surface area contributed by atoms with Crippen LogP contribution < -0.4 is 0 Å². The fourth-order valence-electron chi connectivity index (χ4n) is 3.73. The molecule has 0 N–H and O–H groups in total. The van der Waals surface area contributed by atoms with Crippen LogP contribution in [0.25, 0.3) is 0 Å². The standard InChI is InChI=1S/C26H53S/c1-3-5-7-9-11-13-14-15-16-17-18-20-22-24-26-27-25-23-21-19-12-10-8-6-4-2/h26H,3-25H2,1-2H3. The molecule has 0 heterocycles. The Kier molecular flexibility index (Phi) is 26.7. The Morgan fingerprint density at radius 2 is 0.741 bits per heavy atom. The Morgan fingerprint density at radius 1 is 0.407 bits per heavy atom. The smallest absolute Gasteiger partial charge is 0.0166 e. The summed E-state index contributed by atoms with van der Waals surface area (Å²) in [7, 11) is 0. The molecule has 1 radical (unpaired) electrons. The van der Waals surface area contributed by atoms with E-state index in [1.54, 1.807) is 0 Å². The fourth-order valence-corrected chi connectivity index (χ4v) is 4.60. The lowest BCUT2D eigenvalue weighted by Gasteiger charge is -2.04. The third-order valence-corrected chi connectivity index (χ3v) is 6.65. The van der Waals surface area contributed by atoms with Gasteiger partial charge in [0.05, 0.1) is 0 Å². The second kappa shape index (κ2) is 26.4. The average molecular weight is 398 g/mol. The van der Waals surface area contributed by atoms with Gasteiger partial charge in [0, 0.05) is 5.75 Å². The second-order valence-electron chi connectivity index (χ2n) is 8.54. The van der Waals surface area contributed by atoms with E-state index in [1.807, 2.05) is 0 Å². The second-order valence-corrected chi connectivity index (χ2v) is 9.62. The van der Waals surface area contributed by atoms with Gasteiger partial charge in [0.25, 0.3) is 0 Å². The number of rotatable bonds is 24. The summed E-state index contributed by atoms with van der Waals surface area (Å²) in [4.78, 5) is 0. The predicted octanol–water partition coefficient (Wildman–Crippen LogP) is 10.5. The van der Waals surface area contributed by atoms with Crippen molar-refractivity contribution < 1.29 is 0 Å². The molecule has 0 rings (SSSR count). The normalized spacial score (nSPS) is 11.3. The summed E-state index contributed by atoms with van der Waals surface area (Å²) in [6.45, 7) is 4.60. The van der Waals surface area contributed by atoms with Gasteiger partial charge in [-0.2, -0.15) is 11.8 Å². The van der Waals surface area contributed by atoms with Crippen LogP contribution in [0, 0.1) is 5.75 Å². The van der Waals surface area contributed by atoms with Gasteiger partial charge in [-0.1, -0.05) is 142 Å². The van der Waals surface area contributed by atoms with Crippen molar-refractivity contribution in [2.45, 2.75) is 155 Å². The zero-order valence-corrected chi connectivity index (χ0v) is 20.1. The van der Waals surface area contributed by atoms with E-state index in [9.17, 15) is 0 Å². The number of unbranched alkanes of at least 4 members (excludes halogenated alkanes) is 20. The molecule has 0 aromatic rings. The molecule has 0 aliphatic heterocycles. The molecule has 1 heteroatoms. The van der Waals surface area contributed by atoms with Gasteiger partial charge in [-0.05, 0) is 18.6 Å². The maximum atomic E-state index is 2.49. The molecule has 0 atom stereocenters. The number of thioether (sulfide) groups is 1. The zero-order chi connectivity index (χ0) is 19.7. The number of hydrogen-bond donors (Lipinski definition) is 0. The quantitative estimate of drug-likeness (QED) is 0.146. The summed E-state index contributed by atoms with van der Waals surface area (Å²) in [6, 6.07) is 0. The van der Waals surface area contributed by atoms with Crippen LogP contribution in [0.3, 0.4) is 0 Å². The number of hydrogen-bond acceptors (Lipinski definition) is 1. The minimum atomic E-state index is 1.33. The maximum absolute atomic E-state index is 2.49. The molecule has 0 unspecified atom stereocenters. The largest absolute Gasteiger partial charge is 0.157 e. The van der Waals surface area contributed by atoms with Gasteiger partial charge in [-0.25, -0.2) is 0 Å². The SMILES string of the molecule is CCCCCCCCCCCCCCC[CH]SCCCCCCCCCC. The van der Waals surface area contributed by atoms with Crippen molar-refractivity contribution in [2.24, 2.45) is 0 Å². The van der Waals surface area contributed by atoms with Crippen molar-refractivity contribution in [3.63, 3.8) is 0 Å². The molecule has 0 bridgehead atoms. The highest BCUT2D eigenvalue weighted by Gasteiger charge is 1.96. The maximum Gasteiger partial charge on any atom is 0.0166 e. The van der Waals surface area contributed by atoms with E-state index in [0.29, 0.717) is 0 Å². The first-order chi connectivity index (χ1) is 13.4. The van der Waals surface area contributed by atoms with Crippen LogP contribution in [0.15, 0.2) is 0 Å². The molecule has 0 aromatic heterocycles. The molecule has 0 aliphatic carbocycles. The molecule has 0 saturated carbocycles. The van der Waals surface area contributed by atoms with E-state index in [-0.39, 0.29) is 0 Å². The third kappa shape index (κ3) is 26.4. The summed E-state index contributed by atoms with van der Waals surface area (Å²) < 4.78 is 0. The van der Waals surface area contributed by atoms with E-state index in [2.05, 4.69) is 31.4 Å². The molecule has 163 valence electrons. The van der Waals surface area contributed by atoms with Gasteiger partial charge >= 0.3 is 0 Å². The molecular formula is C26H53S. The van der Waals surface area contributed by atoms with E-state index in [0.717, 1.165) is 0 Å². The lowest BCUT2D eigenvalue weighted by atomic mass is 10.0. The predicted molar refractivity (Wildman–Crippen MR) is 130 cm³/mol. The summed E-state index contributed by atoms with van der Waals surface area (Å²) in [5.41, 5.74) is 0. The Hall–Kier alpha value is 0.350. The first-order valence-corrected chi connectivity index (χ1v) is 13.9. The molecule has 0 saturated heterocycles. The Labute approximate surface area is 178 Å². The first-order valence-electron chi connectivity index (χ1n) is 12.8. The van der Waals surface area contributed by atoms with Crippen molar-refractivity contribution >= 4 is 11.8 Å². The molecule has 27 heavy (non-hydrogen) atoms. The summed E-state index contributed by atoms with van der Waals surface area (Å²) in [6.07, 6.45) is 31.8. The van der Waals surface area contributed by atoms with Crippen LogP contribution in [0.1, 0.15) is 155 Å². The molecule has 0 amide bonds. The first kappa shape index (κ1) is 27.4. The molecule has 0 aromatic carbocycles. The van der Waals surface area contributed by atoms with Crippen LogP contribution in [-0.4, -0.2) is 5.75 Å². The molecule has 0 spiro atoms. The minimum Gasteiger partial charge on any atom is -0.157 e. The van der Waals surface area contributed by atoms with E-state index >= 15 is 0 Å². The summed E-state index contributed by atoms with van der Waals surface area (Å²) in [5, 5.41) is 0. The van der Waals surface area contributed by atoms with Crippen LogP contribution in [-0.2, 0) is 0 Å². The monoisotopic (exact) mass is 397 g/mol. The van der Waals surface area contributed by atoms with E-state index in [1.165, 1.54) is 147 Å². The van der Waals surface area contributed by atoms with Gasteiger partial charge in [0.15, 0.2) is 0 Å². The van der Waals surface area contributed by atoms with Crippen molar-refractivity contribution in [3.05, 3.63) is 5.75 Å². The minimum absolute atomic E-state index is 1.33. The van der Waals surface area contributed by atoms with Crippen molar-refractivity contribution in [3.8, 4) is 0 Å². The molecule has 0 fully saturated rings. The highest BCUT2D eigenvalue weighted by molar-refractivity contribution is 8.01. The molecular weight excluding hydrogens is 344 g/mol. The van der Waals surface area contributed by atoms with Crippen LogP contribution in [0.5, 0.6) is 0 Å². The van der Waals surface area contributed by atoms with Gasteiger partial charge < -0.3 is 0 Å². The third-order valence-electron chi connectivity index (χ3n) is 5.66. The van der Waals surface area contributed by atoms with Gasteiger partial charge in [0.1, 0.15) is 0 Å². The molecule has 0 aliphatic rings. The van der Waals surface area contributed by atoms with Crippen molar-refractivity contribution in [1.82, 2.24) is 0 Å². The Balaban J connectivity index is 2.95. The highest BCUT2D eigenvalue weighted by atomic mass is 32.2. The van der Waals surface area contributed by atoms with E-state index in [4.69, 9.17) is 0 Å². The lowest BCUT2D eigenvalue weighted by molar-refractivity contribution is 0.540. The van der Waals surface area contributed by atoms with Crippen LogP contribution >= 0.6 is 11.8 Å². The summed E-state index contributed by atoms with van der Waals surface area (Å²) >= 11 is 2.08. The van der Waals surface area contributed by atoms with E-state index < -0.39 is 0 Å². The lowest BCUT2D eigenvalue weighted by Crippen LogP contribution is -1.84.